The molecule has 0 N–H and O–H groups in total. The maximum Gasteiger partial charge on any atom is 0.406 e. The van der Waals surface area contributed by atoms with Crippen LogP contribution in [0.5, 0.6) is 0 Å². The molecule has 0 aromatic carbocycles. The molecule has 1 aromatic heterocycles. The van der Waals surface area contributed by atoms with Crippen molar-refractivity contribution < 1.29 is 22.7 Å². The first kappa shape index (κ1) is 12.6. The fourth-order valence-electron chi connectivity index (χ4n) is 1.20. The highest BCUT2D eigenvalue weighted by molar-refractivity contribution is 5.87. The third-order valence-corrected chi connectivity index (χ3v) is 1.73. The van der Waals surface area contributed by atoms with Gasteiger partial charge < -0.3 is 9.30 Å². The summed E-state index contributed by atoms with van der Waals surface area (Å²) in [5.41, 5.74) is -0.0916. The summed E-state index contributed by atoms with van der Waals surface area (Å²) in [6.45, 7) is 2.08. The lowest BCUT2D eigenvalue weighted by atomic mass is 10.4. The van der Waals surface area contributed by atoms with Crippen molar-refractivity contribution in [3.63, 3.8) is 0 Å². The van der Waals surface area contributed by atoms with Crippen molar-refractivity contribution in [3.05, 3.63) is 24.0 Å². The Hall–Kier alpha value is -1.46. The van der Waals surface area contributed by atoms with Crippen molar-refractivity contribution in [1.82, 2.24) is 4.57 Å². The van der Waals surface area contributed by atoms with Gasteiger partial charge in [-0.25, -0.2) is 4.79 Å². The van der Waals surface area contributed by atoms with Gasteiger partial charge >= 0.3 is 12.1 Å². The van der Waals surface area contributed by atoms with E-state index in [9.17, 15) is 18.0 Å². The Bertz CT molecular complexity index is 368. The Morgan fingerprint density at radius 2 is 2.12 bits per heavy atom. The van der Waals surface area contributed by atoms with Gasteiger partial charge in [-0.05, 0) is 26.0 Å². The molecule has 1 rings (SSSR count). The van der Waals surface area contributed by atoms with Gasteiger partial charge in [-0.15, -0.1) is 0 Å². The molecule has 0 bridgehead atoms. The highest BCUT2D eigenvalue weighted by Crippen LogP contribution is 2.19. The van der Waals surface area contributed by atoms with Gasteiger partial charge in [-0.1, -0.05) is 0 Å². The maximum absolute atomic E-state index is 12.2. The standard InChI is InChI=1S/C10H12F3NO2/c1-7(2)16-9(15)8-4-3-5-14(8)6-10(11,12)13/h3-5,7H,6H2,1-2H3. The van der Waals surface area contributed by atoms with E-state index in [0.717, 1.165) is 4.57 Å². The van der Waals surface area contributed by atoms with E-state index in [0.29, 0.717) is 0 Å². The third kappa shape index (κ3) is 3.60. The molecule has 0 atom stereocenters. The zero-order chi connectivity index (χ0) is 12.3. The molecule has 6 heteroatoms. The van der Waals surface area contributed by atoms with Gasteiger partial charge in [0.15, 0.2) is 0 Å². The number of nitrogens with zero attached hydrogens (tertiary/aromatic N) is 1. The Morgan fingerprint density at radius 3 is 2.62 bits per heavy atom. The molecule has 0 saturated carbocycles. The molecule has 0 aliphatic heterocycles. The van der Waals surface area contributed by atoms with E-state index in [1.165, 1.54) is 18.3 Å². The molecule has 0 fully saturated rings. The van der Waals surface area contributed by atoms with Crippen LogP contribution < -0.4 is 0 Å². The van der Waals surface area contributed by atoms with Crippen LogP contribution in [-0.4, -0.2) is 22.8 Å². The second-order valence-corrected chi connectivity index (χ2v) is 3.59. The van der Waals surface area contributed by atoms with Gasteiger partial charge in [-0.2, -0.15) is 13.2 Å². The summed E-state index contributed by atoms with van der Waals surface area (Å²) in [6, 6.07) is 2.68. The normalized spacial score (nSPS) is 11.9. The molecular formula is C10H12F3NO2. The lowest BCUT2D eigenvalue weighted by molar-refractivity contribution is -0.140. The predicted octanol–water partition coefficient (Wildman–Crippen LogP) is 2.62. The van der Waals surface area contributed by atoms with Crippen molar-refractivity contribution in [2.75, 3.05) is 0 Å². The molecule has 0 unspecified atom stereocenters. The van der Waals surface area contributed by atoms with E-state index < -0.39 is 18.7 Å². The number of hydrogen-bond donors (Lipinski definition) is 0. The first-order valence-electron chi connectivity index (χ1n) is 4.72. The van der Waals surface area contributed by atoms with E-state index in [1.54, 1.807) is 13.8 Å². The van der Waals surface area contributed by atoms with Gasteiger partial charge in [-0.3, -0.25) is 0 Å². The average Bonchev–Trinajstić information content (AvgIpc) is 2.47. The second kappa shape index (κ2) is 4.59. The average molecular weight is 235 g/mol. The first-order valence-corrected chi connectivity index (χ1v) is 4.72. The van der Waals surface area contributed by atoms with E-state index >= 15 is 0 Å². The minimum atomic E-state index is -4.36. The number of esters is 1. The SMILES string of the molecule is CC(C)OC(=O)c1cccn1CC(F)(F)F. The number of aromatic nitrogens is 1. The Balaban J connectivity index is 2.82. The molecule has 90 valence electrons. The minimum Gasteiger partial charge on any atom is -0.458 e. The van der Waals surface area contributed by atoms with E-state index in [2.05, 4.69) is 0 Å². The Kier molecular flexibility index (Phi) is 3.62. The number of halogens is 3. The monoisotopic (exact) mass is 235 g/mol. The highest BCUT2D eigenvalue weighted by atomic mass is 19.4. The van der Waals surface area contributed by atoms with Crippen LogP contribution >= 0.6 is 0 Å². The van der Waals surface area contributed by atoms with Crippen LogP contribution in [0.1, 0.15) is 24.3 Å². The fourth-order valence-corrected chi connectivity index (χ4v) is 1.20. The second-order valence-electron chi connectivity index (χ2n) is 3.59. The quantitative estimate of drug-likeness (QED) is 0.754. The van der Waals surface area contributed by atoms with Crippen molar-refractivity contribution >= 4 is 5.97 Å². The summed E-state index contributed by atoms with van der Waals surface area (Å²) in [7, 11) is 0. The molecule has 1 heterocycles. The van der Waals surface area contributed by atoms with Crippen molar-refractivity contribution in [1.29, 1.82) is 0 Å². The van der Waals surface area contributed by atoms with Gasteiger partial charge in [0, 0.05) is 6.20 Å². The fraction of sp³-hybridized carbons (Fsp3) is 0.500. The smallest absolute Gasteiger partial charge is 0.406 e. The van der Waals surface area contributed by atoms with E-state index in [1.807, 2.05) is 0 Å². The van der Waals surface area contributed by atoms with Crippen LogP contribution in [0.3, 0.4) is 0 Å². The van der Waals surface area contributed by atoms with Crippen molar-refractivity contribution in [2.45, 2.75) is 32.7 Å². The molecule has 0 spiro atoms. The molecular weight excluding hydrogens is 223 g/mol. The molecule has 0 aliphatic rings. The molecule has 0 radical (unpaired) electrons. The van der Waals surface area contributed by atoms with Crippen LogP contribution in [0, 0.1) is 0 Å². The van der Waals surface area contributed by atoms with E-state index in [4.69, 9.17) is 4.74 Å². The summed E-state index contributed by atoms with van der Waals surface area (Å²) in [6.07, 6.45) is -3.52. The van der Waals surface area contributed by atoms with Gasteiger partial charge in [0.05, 0.1) is 6.10 Å². The lowest BCUT2D eigenvalue weighted by Gasteiger charge is -2.12. The highest BCUT2D eigenvalue weighted by Gasteiger charge is 2.29. The molecule has 3 nitrogen and oxygen atoms in total. The summed E-state index contributed by atoms with van der Waals surface area (Å²) >= 11 is 0. The predicted molar refractivity (Wildman–Crippen MR) is 51.0 cm³/mol. The van der Waals surface area contributed by atoms with Crippen molar-refractivity contribution in [2.24, 2.45) is 0 Å². The number of alkyl halides is 3. The van der Waals surface area contributed by atoms with Gasteiger partial charge in [0.25, 0.3) is 0 Å². The summed E-state index contributed by atoms with van der Waals surface area (Å²) < 4.78 is 42.1. The Morgan fingerprint density at radius 1 is 1.50 bits per heavy atom. The van der Waals surface area contributed by atoms with Gasteiger partial charge in [0.1, 0.15) is 12.2 Å². The molecule has 0 aliphatic carbocycles. The largest absolute Gasteiger partial charge is 0.458 e. The number of ether oxygens (including phenoxy) is 1. The summed E-state index contributed by atoms with van der Waals surface area (Å²) in [4.78, 5) is 11.4. The number of carbonyl (C=O) groups excluding carboxylic acids is 1. The minimum absolute atomic E-state index is 0.0916. The van der Waals surface area contributed by atoms with Crippen LogP contribution in [0.15, 0.2) is 18.3 Å². The van der Waals surface area contributed by atoms with E-state index in [-0.39, 0.29) is 11.8 Å². The third-order valence-electron chi connectivity index (χ3n) is 1.73. The Labute approximate surface area is 90.8 Å². The van der Waals surface area contributed by atoms with Crippen LogP contribution in [0.25, 0.3) is 0 Å². The molecule has 16 heavy (non-hydrogen) atoms. The number of carbonyl (C=O) groups is 1. The zero-order valence-electron chi connectivity index (χ0n) is 8.91. The topological polar surface area (TPSA) is 31.2 Å². The summed E-state index contributed by atoms with van der Waals surface area (Å²) in [5, 5.41) is 0. The lowest BCUT2D eigenvalue weighted by Crippen LogP contribution is -2.22. The first-order chi connectivity index (χ1) is 7.29. The number of hydrogen-bond acceptors (Lipinski definition) is 2. The molecule has 0 amide bonds. The van der Waals surface area contributed by atoms with Crippen LogP contribution in [0.4, 0.5) is 13.2 Å². The van der Waals surface area contributed by atoms with Crippen molar-refractivity contribution in [3.8, 4) is 0 Å². The molecule has 1 aromatic rings. The van der Waals surface area contributed by atoms with Crippen LogP contribution in [-0.2, 0) is 11.3 Å². The van der Waals surface area contributed by atoms with Gasteiger partial charge in [0.2, 0.25) is 0 Å². The molecule has 0 saturated heterocycles. The van der Waals surface area contributed by atoms with Crippen LogP contribution in [0.2, 0.25) is 0 Å². The number of rotatable bonds is 3. The summed E-state index contributed by atoms with van der Waals surface area (Å²) in [5.74, 6) is -0.746. The maximum atomic E-state index is 12.2. The zero-order valence-corrected chi connectivity index (χ0v) is 8.91.